The lowest BCUT2D eigenvalue weighted by atomic mass is 10.00. The highest BCUT2D eigenvalue weighted by atomic mass is 16.3. The highest BCUT2D eigenvalue weighted by Gasteiger charge is 2.28. The van der Waals surface area contributed by atoms with Crippen molar-refractivity contribution in [3.05, 3.63) is 12.2 Å². The smallest absolute Gasteiger partial charge is 0.249 e. The van der Waals surface area contributed by atoms with Gasteiger partial charge in [0, 0.05) is 0 Å². The van der Waals surface area contributed by atoms with Crippen molar-refractivity contribution in [1.82, 2.24) is 5.32 Å². The third-order valence-corrected chi connectivity index (χ3v) is 13.7. The molecule has 0 aromatic heterocycles. The van der Waals surface area contributed by atoms with Crippen LogP contribution in [0.4, 0.5) is 0 Å². The molecule has 0 fully saturated rings. The van der Waals surface area contributed by atoms with Gasteiger partial charge in [-0.25, -0.2) is 0 Å². The molecule has 0 aromatic carbocycles. The van der Waals surface area contributed by atoms with E-state index in [1.54, 1.807) is 0 Å². The molecule has 0 spiro atoms. The molecule has 0 aliphatic heterocycles. The molecule has 1 amide bonds. The number of rotatable bonds is 53. The second-order valence-corrected chi connectivity index (χ2v) is 20.0. The van der Waals surface area contributed by atoms with Gasteiger partial charge in [0.05, 0.1) is 18.8 Å². The highest BCUT2D eigenvalue weighted by molar-refractivity contribution is 5.80. The van der Waals surface area contributed by atoms with Crippen LogP contribution in [0.1, 0.15) is 316 Å². The van der Waals surface area contributed by atoms with Crippen LogP contribution >= 0.6 is 0 Å². The number of carbonyl (C=O) groups is 1. The van der Waals surface area contributed by atoms with Gasteiger partial charge in [-0.1, -0.05) is 289 Å². The number of aliphatic hydroxyl groups excluding tert-OH is 4. The lowest BCUT2D eigenvalue weighted by Gasteiger charge is -2.27. The van der Waals surface area contributed by atoms with Gasteiger partial charge in [0.25, 0.3) is 0 Å². The van der Waals surface area contributed by atoms with E-state index in [1.807, 2.05) is 0 Å². The van der Waals surface area contributed by atoms with Gasteiger partial charge in [0.15, 0.2) is 0 Å². The number of amides is 1. The van der Waals surface area contributed by atoms with Gasteiger partial charge in [-0.2, -0.15) is 0 Å². The number of hydrogen-bond donors (Lipinski definition) is 5. The Hall–Kier alpha value is -0.950. The van der Waals surface area contributed by atoms with Crippen molar-refractivity contribution in [2.45, 2.75) is 340 Å². The maximum Gasteiger partial charge on any atom is 0.249 e. The molecule has 376 valence electrons. The van der Waals surface area contributed by atoms with Crippen LogP contribution in [-0.4, -0.2) is 57.3 Å². The molecule has 4 atom stereocenters. The summed E-state index contributed by atoms with van der Waals surface area (Å²) in [5.41, 5.74) is 0. The van der Waals surface area contributed by atoms with Crippen LogP contribution in [0.3, 0.4) is 0 Å². The molecule has 63 heavy (non-hydrogen) atoms. The Bertz CT molecular complexity index is 913. The second-order valence-electron chi connectivity index (χ2n) is 20.0. The fourth-order valence-electron chi connectivity index (χ4n) is 9.23. The third-order valence-electron chi connectivity index (χ3n) is 13.7. The number of carbonyl (C=O) groups excluding carboxylic acids is 1. The molecule has 6 nitrogen and oxygen atoms in total. The zero-order valence-electron chi connectivity index (χ0n) is 42.6. The van der Waals surface area contributed by atoms with Crippen LogP contribution in [0, 0.1) is 0 Å². The maximum absolute atomic E-state index is 12.6. The van der Waals surface area contributed by atoms with E-state index in [9.17, 15) is 25.2 Å². The molecule has 0 heterocycles. The van der Waals surface area contributed by atoms with Gasteiger partial charge in [-0.3, -0.25) is 4.79 Å². The third kappa shape index (κ3) is 46.0. The molecule has 0 aliphatic rings. The van der Waals surface area contributed by atoms with E-state index in [0.29, 0.717) is 12.8 Å². The molecule has 0 bridgehead atoms. The predicted molar refractivity (Wildman–Crippen MR) is 275 cm³/mol. The van der Waals surface area contributed by atoms with E-state index < -0.39 is 36.9 Å². The van der Waals surface area contributed by atoms with Crippen molar-refractivity contribution in [2.24, 2.45) is 0 Å². The Morgan fingerprint density at radius 2 is 0.651 bits per heavy atom. The first-order valence-electron chi connectivity index (χ1n) is 28.6. The fourth-order valence-corrected chi connectivity index (χ4v) is 9.23. The Morgan fingerprint density at radius 3 is 0.952 bits per heavy atom. The molecule has 0 aromatic rings. The van der Waals surface area contributed by atoms with E-state index in [4.69, 9.17) is 0 Å². The number of allylic oxidation sites excluding steroid dienone is 2. The van der Waals surface area contributed by atoms with Crippen LogP contribution in [-0.2, 0) is 4.79 Å². The average Bonchev–Trinajstić information content (AvgIpc) is 3.29. The second kappa shape index (κ2) is 52.0. The van der Waals surface area contributed by atoms with Gasteiger partial charge >= 0.3 is 0 Å². The Kier molecular flexibility index (Phi) is 51.2. The first-order chi connectivity index (χ1) is 31.0. The van der Waals surface area contributed by atoms with Crippen LogP contribution in [0.5, 0.6) is 0 Å². The molecule has 5 N–H and O–H groups in total. The first-order valence-corrected chi connectivity index (χ1v) is 28.6. The number of nitrogens with one attached hydrogen (secondary N) is 1. The summed E-state index contributed by atoms with van der Waals surface area (Å²) < 4.78 is 0. The number of aliphatic hydroxyl groups is 4. The summed E-state index contributed by atoms with van der Waals surface area (Å²) in [6, 6.07) is -0.998. The average molecular weight is 893 g/mol. The summed E-state index contributed by atoms with van der Waals surface area (Å²) >= 11 is 0. The van der Waals surface area contributed by atoms with Gasteiger partial charge < -0.3 is 25.7 Å². The summed E-state index contributed by atoms with van der Waals surface area (Å²) in [6.45, 7) is 4.08. The summed E-state index contributed by atoms with van der Waals surface area (Å²) in [7, 11) is 0. The molecule has 0 rings (SSSR count). The van der Waals surface area contributed by atoms with Crippen molar-refractivity contribution in [2.75, 3.05) is 6.61 Å². The topological polar surface area (TPSA) is 110 Å². The monoisotopic (exact) mass is 892 g/mol. The van der Waals surface area contributed by atoms with Crippen molar-refractivity contribution in [3.63, 3.8) is 0 Å². The fraction of sp³-hybridized carbons (Fsp3) is 0.947. The minimum Gasteiger partial charge on any atom is -0.394 e. The summed E-state index contributed by atoms with van der Waals surface area (Å²) in [6.07, 6.45) is 61.5. The Balaban J connectivity index is 3.59. The summed E-state index contributed by atoms with van der Waals surface area (Å²) in [5.74, 6) is -0.586. The Labute approximate surface area is 393 Å². The van der Waals surface area contributed by atoms with Gasteiger partial charge in [-0.05, 0) is 38.5 Å². The van der Waals surface area contributed by atoms with Gasteiger partial charge in [0.2, 0.25) is 5.91 Å². The zero-order valence-corrected chi connectivity index (χ0v) is 42.6. The Morgan fingerprint density at radius 1 is 0.381 bits per heavy atom. The lowest BCUT2D eigenvalue weighted by Crippen LogP contribution is -2.53. The number of hydrogen-bond acceptors (Lipinski definition) is 5. The first kappa shape index (κ1) is 62.1. The van der Waals surface area contributed by atoms with E-state index >= 15 is 0 Å². The largest absolute Gasteiger partial charge is 0.394 e. The summed E-state index contributed by atoms with van der Waals surface area (Å²) in [5, 5.41) is 43.9. The van der Waals surface area contributed by atoms with E-state index in [1.165, 1.54) is 250 Å². The maximum atomic E-state index is 12.6. The zero-order chi connectivity index (χ0) is 45.9. The molecule has 0 saturated heterocycles. The molecule has 0 saturated carbocycles. The van der Waals surface area contributed by atoms with Crippen molar-refractivity contribution in [1.29, 1.82) is 0 Å². The lowest BCUT2D eigenvalue weighted by molar-refractivity contribution is -0.132. The van der Waals surface area contributed by atoms with Crippen molar-refractivity contribution in [3.8, 4) is 0 Å². The molecule has 0 radical (unpaired) electrons. The highest BCUT2D eigenvalue weighted by Crippen LogP contribution is 2.18. The van der Waals surface area contributed by atoms with Crippen molar-refractivity contribution >= 4 is 5.91 Å². The van der Waals surface area contributed by atoms with E-state index in [2.05, 4.69) is 31.3 Å². The normalized spacial score (nSPS) is 13.8. The molecular weight excluding hydrogens is 779 g/mol. The van der Waals surface area contributed by atoms with Crippen LogP contribution in [0.25, 0.3) is 0 Å². The van der Waals surface area contributed by atoms with E-state index in [-0.39, 0.29) is 0 Å². The number of unbranched alkanes of at least 4 members (excludes halogenated alkanes) is 42. The van der Waals surface area contributed by atoms with Crippen molar-refractivity contribution < 1.29 is 25.2 Å². The van der Waals surface area contributed by atoms with Crippen LogP contribution in [0.15, 0.2) is 12.2 Å². The minimum absolute atomic E-state index is 0.369. The summed E-state index contributed by atoms with van der Waals surface area (Å²) in [4.78, 5) is 12.6. The van der Waals surface area contributed by atoms with E-state index in [0.717, 1.165) is 38.5 Å². The molecule has 0 aliphatic carbocycles. The molecule has 4 unspecified atom stereocenters. The van der Waals surface area contributed by atoms with Gasteiger partial charge in [-0.15, -0.1) is 0 Å². The SMILES string of the molecule is CCCCCCCCCCCCCCC/C=C/CCCC(O)C(O)C(CO)NC(=O)C(O)CCCCCCCCCCCCCCCCCCCCCCCCCCCCCCC. The minimum atomic E-state index is -1.28. The predicted octanol–water partition coefficient (Wildman–Crippen LogP) is 16.5. The molecule has 6 heteroatoms. The van der Waals surface area contributed by atoms with Gasteiger partial charge in [0.1, 0.15) is 12.2 Å². The quantitative estimate of drug-likeness (QED) is 0.0309. The van der Waals surface area contributed by atoms with Crippen LogP contribution in [0.2, 0.25) is 0 Å². The van der Waals surface area contributed by atoms with Crippen LogP contribution < -0.4 is 5.32 Å². The standard InChI is InChI=1S/C57H113NO5/c1-3-5-7-9-11-13-15-17-19-21-23-24-25-26-27-28-29-30-31-32-33-35-37-39-41-43-45-47-49-51-55(61)57(63)58-53(52-59)56(62)54(60)50-48-46-44-42-40-38-36-34-22-20-18-16-14-12-10-8-6-4-2/h42,44,53-56,59-62H,3-41,43,45-52H2,1-2H3,(H,58,63)/b44-42+. The molecular formula is C57H113NO5.